The fourth-order valence-corrected chi connectivity index (χ4v) is 3.37. The number of benzene rings is 1. The van der Waals surface area contributed by atoms with Crippen LogP contribution in [0.15, 0.2) is 47.7 Å². The Kier molecular flexibility index (Phi) is 7.59. The lowest BCUT2D eigenvalue weighted by Gasteiger charge is -2.33. The molecule has 0 radical (unpaired) electrons. The van der Waals surface area contributed by atoms with Gasteiger partial charge in [-0.3, -0.25) is 14.8 Å². The van der Waals surface area contributed by atoms with Crippen molar-refractivity contribution in [3.05, 3.63) is 54.1 Å². The van der Waals surface area contributed by atoms with Crippen LogP contribution >= 0.6 is 0 Å². The third-order valence-electron chi connectivity index (χ3n) is 4.94. The van der Waals surface area contributed by atoms with E-state index in [1.807, 2.05) is 13.0 Å². The van der Waals surface area contributed by atoms with Crippen LogP contribution in [0, 0.1) is 11.7 Å². The zero-order valence-electron chi connectivity index (χ0n) is 17.3. The first kappa shape index (κ1) is 21.5. The summed E-state index contributed by atoms with van der Waals surface area (Å²) in [6, 6.07) is 8.30. The summed E-state index contributed by atoms with van der Waals surface area (Å²) in [5.41, 5.74) is 0.772. The summed E-state index contributed by atoms with van der Waals surface area (Å²) in [5.74, 6) is 0.743. The Bertz CT molecular complexity index is 868. The van der Waals surface area contributed by atoms with Crippen molar-refractivity contribution in [1.82, 2.24) is 15.2 Å². The number of guanidine groups is 1. The van der Waals surface area contributed by atoms with Gasteiger partial charge in [-0.1, -0.05) is 6.07 Å². The molecule has 0 unspecified atom stereocenters. The molecule has 160 valence electrons. The van der Waals surface area contributed by atoms with E-state index in [0.717, 1.165) is 37.5 Å². The molecule has 0 saturated carbocycles. The summed E-state index contributed by atoms with van der Waals surface area (Å²) in [4.78, 5) is 22.3. The van der Waals surface area contributed by atoms with Crippen molar-refractivity contribution in [2.24, 2.45) is 10.9 Å². The Labute approximate surface area is 175 Å². The predicted molar refractivity (Wildman–Crippen MR) is 112 cm³/mol. The second-order valence-electron chi connectivity index (χ2n) is 6.97. The number of carbonyl (C=O) groups is 1. The summed E-state index contributed by atoms with van der Waals surface area (Å²) < 4.78 is 25.1. The molecule has 1 aliphatic heterocycles. The summed E-state index contributed by atoms with van der Waals surface area (Å²) in [6.45, 7) is 4.09. The van der Waals surface area contributed by atoms with Crippen molar-refractivity contribution >= 4 is 11.9 Å². The molecular weight excluding hydrogens is 387 g/mol. The molecule has 8 heteroatoms. The molecular formula is C22H27FN4O3. The van der Waals surface area contributed by atoms with Crippen LogP contribution in [0.5, 0.6) is 11.5 Å². The zero-order valence-corrected chi connectivity index (χ0v) is 17.3. The van der Waals surface area contributed by atoms with E-state index in [1.165, 1.54) is 12.3 Å². The molecule has 3 rings (SSSR count). The maximum atomic E-state index is 14.4. The highest BCUT2D eigenvalue weighted by atomic mass is 19.1. The topological polar surface area (TPSA) is 76.0 Å². The lowest BCUT2D eigenvalue weighted by Crippen LogP contribution is -2.46. The maximum absolute atomic E-state index is 14.4. The summed E-state index contributed by atoms with van der Waals surface area (Å²) >= 11 is 0. The number of hydrogen-bond donors (Lipinski definition) is 1. The molecule has 7 nitrogen and oxygen atoms in total. The van der Waals surface area contributed by atoms with Crippen LogP contribution in [0.4, 0.5) is 4.39 Å². The van der Waals surface area contributed by atoms with Crippen LogP contribution in [0.25, 0.3) is 0 Å². The summed E-state index contributed by atoms with van der Waals surface area (Å²) in [5, 5.41) is 3.26. The van der Waals surface area contributed by atoms with E-state index in [9.17, 15) is 9.18 Å². The van der Waals surface area contributed by atoms with E-state index in [4.69, 9.17) is 9.47 Å². The van der Waals surface area contributed by atoms with E-state index < -0.39 is 5.82 Å². The largest absolute Gasteiger partial charge is 0.466 e. The van der Waals surface area contributed by atoms with Crippen molar-refractivity contribution in [1.29, 1.82) is 0 Å². The Morgan fingerprint density at radius 3 is 2.77 bits per heavy atom. The number of nitrogens with one attached hydrogen (secondary N) is 1. The molecule has 1 saturated heterocycles. The molecule has 1 fully saturated rings. The number of carbonyl (C=O) groups excluding carboxylic acids is 1. The van der Waals surface area contributed by atoms with Gasteiger partial charge < -0.3 is 19.7 Å². The minimum Gasteiger partial charge on any atom is -0.466 e. The van der Waals surface area contributed by atoms with Gasteiger partial charge in [0, 0.05) is 32.9 Å². The molecule has 0 atom stereocenters. The lowest BCUT2D eigenvalue weighted by molar-refractivity contribution is -0.149. The first-order valence-electron chi connectivity index (χ1n) is 10.1. The van der Waals surface area contributed by atoms with E-state index in [0.29, 0.717) is 18.9 Å². The second kappa shape index (κ2) is 10.6. The molecule has 0 aliphatic carbocycles. The third-order valence-corrected chi connectivity index (χ3v) is 4.94. The maximum Gasteiger partial charge on any atom is 0.309 e. The number of nitrogens with zero attached hydrogens (tertiary/aromatic N) is 3. The molecule has 0 bridgehead atoms. The van der Waals surface area contributed by atoms with Gasteiger partial charge in [0.2, 0.25) is 0 Å². The highest BCUT2D eigenvalue weighted by molar-refractivity contribution is 5.80. The first-order valence-corrected chi connectivity index (χ1v) is 10.1. The van der Waals surface area contributed by atoms with Gasteiger partial charge in [-0.15, -0.1) is 0 Å². The molecule has 2 heterocycles. The number of esters is 1. The Hall–Kier alpha value is -3.16. The molecule has 1 aromatic heterocycles. The highest BCUT2D eigenvalue weighted by Gasteiger charge is 2.27. The number of halogens is 1. The van der Waals surface area contributed by atoms with Gasteiger partial charge in [0.15, 0.2) is 17.5 Å². The monoisotopic (exact) mass is 414 g/mol. The van der Waals surface area contributed by atoms with Crippen LogP contribution in [0.3, 0.4) is 0 Å². The molecule has 0 amide bonds. The highest BCUT2D eigenvalue weighted by Crippen LogP contribution is 2.24. The normalized spacial score (nSPS) is 15.0. The van der Waals surface area contributed by atoms with E-state index >= 15 is 0 Å². The number of rotatable bonds is 6. The molecule has 1 aromatic carbocycles. The Balaban J connectivity index is 1.53. The Morgan fingerprint density at radius 1 is 1.33 bits per heavy atom. The van der Waals surface area contributed by atoms with Crippen LogP contribution in [0.1, 0.15) is 25.3 Å². The number of pyridine rings is 1. The fraction of sp³-hybridized carbons (Fsp3) is 0.409. The smallest absolute Gasteiger partial charge is 0.309 e. The number of aliphatic imine (C=N–C) groups is 1. The van der Waals surface area contributed by atoms with Crippen molar-refractivity contribution in [2.45, 2.75) is 26.3 Å². The summed E-state index contributed by atoms with van der Waals surface area (Å²) in [6.07, 6.45) is 4.62. The molecule has 0 spiro atoms. The number of aromatic nitrogens is 1. The van der Waals surface area contributed by atoms with E-state index in [-0.39, 0.29) is 17.6 Å². The average molecular weight is 414 g/mol. The van der Waals surface area contributed by atoms with Crippen molar-refractivity contribution in [3.63, 3.8) is 0 Å². The van der Waals surface area contributed by atoms with Gasteiger partial charge in [-0.05, 0) is 49.6 Å². The lowest BCUT2D eigenvalue weighted by atomic mass is 9.97. The SMILES string of the molecule is CCOC(=O)C1CCN(C(=NC)NCc2ccc(Oc3cccnc3)c(F)c2)CC1. The van der Waals surface area contributed by atoms with Crippen LogP contribution in [-0.4, -0.2) is 48.6 Å². The minimum absolute atomic E-state index is 0.0549. The van der Waals surface area contributed by atoms with Crippen molar-refractivity contribution in [2.75, 3.05) is 26.7 Å². The van der Waals surface area contributed by atoms with Crippen molar-refractivity contribution < 1.29 is 18.7 Å². The molecule has 2 aromatic rings. The second-order valence-corrected chi connectivity index (χ2v) is 6.97. The standard InChI is InChI=1S/C22H27FN4O3/c1-3-29-21(28)17-8-11-27(12-9-17)22(24-2)26-14-16-6-7-20(19(23)13-16)30-18-5-4-10-25-15-18/h4-7,10,13,15,17H,3,8-9,11-12,14H2,1-2H3,(H,24,26). The van der Waals surface area contributed by atoms with Crippen molar-refractivity contribution in [3.8, 4) is 11.5 Å². The fourth-order valence-electron chi connectivity index (χ4n) is 3.37. The average Bonchev–Trinajstić information content (AvgIpc) is 2.77. The molecule has 1 aliphatic rings. The van der Waals surface area contributed by atoms with E-state index in [2.05, 4.69) is 20.2 Å². The number of ether oxygens (including phenoxy) is 2. The Morgan fingerprint density at radius 2 is 2.13 bits per heavy atom. The predicted octanol–water partition coefficient (Wildman–Crippen LogP) is 3.36. The van der Waals surface area contributed by atoms with Gasteiger partial charge in [0.05, 0.1) is 18.7 Å². The third kappa shape index (κ3) is 5.68. The van der Waals surface area contributed by atoms with Crippen LogP contribution in [-0.2, 0) is 16.1 Å². The molecule has 30 heavy (non-hydrogen) atoms. The quantitative estimate of drug-likeness (QED) is 0.444. The number of hydrogen-bond acceptors (Lipinski definition) is 5. The van der Waals surface area contributed by atoms with Crippen LogP contribution < -0.4 is 10.1 Å². The van der Waals surface area contributed by atoms with Gasteiger partial charge in [0.25, 0.3) is 0 Å². The van der Waals surface area contributed by atoms with Crippen LogP contribution in [0.2, 0.25) is 0 Å². The van der Waals surface area contributed by atoms with Gasteiger partial charge in [-0.2, -0.15) is 0 Å². The molecule has 1 N–H and O–H groups in total. The van der Waals surface area contributed by atoms with Gasteiger partial charge in [0.1, 0.15) is 5.75 Å². The number of piperidine rings is 1. The van der Waals surface area contributed by atoms with Gasteiger partial charge >= 0.3 is 5.97 Å². The number of likely N-dealkylation sites (tertiary alicyclic amines) is 1. The van der Waals surface area contributed by atoms with Gasteiger partial charge in [-0.25, -0.2) is 4.39 Å². The zero-order chi connectivity index (χ0) is 21.3. The first-order chi connectivity index (χ1) is 14.6. The van der Waals surface area contributed by atoms with E-state index in [1.54, 1.807) is 31.4 Å². The summed E-state index contributed by atoms with van der Waals surface area (Å²) in [7, 11) is 1.71. The minimum atomic E-state index is -0.441.